The lowest BCUT2D eigenvalue weighted by atomic mass is 9.90. The van der Waals surface area contributed by atoms with Gasteiger partial charge in [-0.25, -0.2) is 4.79 Å². The molecule has 2 saturated heterocycles. The first kappa shape index (κ1) is 17.3. The van der Waals surface area contributed by atoms with Gasteiger partial charge in [-0.1, -0.05) is 19.1 Å². The number of ether oxygens (including phenoxy) is 1. The van der Waals surface area contributed by atoms with Crippen LogP contribution in [0.1, 0.15) is 37.7 Å². The molecule has 7 nitrogen and oxygen atoms in total. The van der Waals surface area contributed by atoms with Crippen molar-refractivity contribution in [3.8, 4) is 0 Å². The Morgan fingerprint density at radius 2 is 2.08 bits per heavy atom. The Kier molecular flexibility index (Phi) is 5.21. The van der Waals surface area contributed by atoms with Gasteiger partial charge in [-0.05, 0) is 30.0 Å². The van der Waals surface area contributed by atoms with E-state index < -0.39 is 6.09 Å². The Morgan fingerprint density at radius 1 is 1.32 bits per heavy atom. The normalized spacial score (nSPS) is 23.2. The first-order valence-corrected chi connectivity index (χ1v) is 8.68. The topological polar surface area (TPSA) is 87.7 Å². The van der Waals surface area contributed by atoms with E-state index in [1.807, 2.05) is 24.3 Å². The van der Waals surface area contributed by atoms with Crippen LogP contribution < -0.4 is 15.5 Å². The number of carbonyl (C=O) groups is 3. The molecule has 2 aliphatic rings. The van der Waals surface area contributed by atoms with Crippen LogP contribution in [0.5, 0.6) is 0 Å². The Hall–Kier alpha value is -2.57. The van der Waals surface area contributed by atoms with E-state index in [2.05, 4.69) is 10.6 Å². The zero-order chi connectivity index (χ0) is 17.8. The fourth-order valence-electron chi connectivity index (χ4n) is 3.19. The molecule has 0 saturated carbocycles. The molecular formula is C18H23N3O4. The van der Waals surface area contributed by atoms with E-state index in [0.717, 1.165) is 17.7 Å². The number of amides is 3. The van der Waals surface area contributed by atoms with Crippen LogP contribution in [-0.4, -0.2) is 43.6 Å². The molecule has 0 aromatic heterocycles. The number of nitrogens with one attached hydrogen (secondary N) is 2. The van der Waals surface area contributed by atoms with Gasteiger partial charge in [0, 0.05) is 25.1 Å². The number of hydrogen-bond donors (Lipinski definition) is 2. The van der Waals surface area contributed by atoms with Crippen LogP contribution in [0, 0.1) is 0 Å². The van der Waals surface area contributed by atoms with Crippen molar-refractivity contribution in [2.24, 2.45) is 0 Å². The predicted molar refractivity (Wildman–Crippen MR) is 92.3 cm³/mol. The van der Waals surface area contributed by atoms with Crippen molar-refractivity contribution in [1.82, 2.24) is 10.6 Å². The van der Waals surface area contributed by atoms with Crippen LogP contribution in [0.2, 0.25) is 0 Å². The molecule has 7 heteroatoms. The van der Waals surface area contributed by atoms with Crippen molar-refractivity contribution in [1.29, 1.82) is 0 Å². The lowest BCUT2D eigenvalue weighted by Gasteiger charge is -2.23. The van der Waals surface area contributed by atoms with Gasteiger partial charge in [0.1, 0.15) is 6.10 Å². The maximum atomic E-state index is 12.1. The second kappa shape index (κ2) is 7.55. The largest absolute Gasteiger partial charge is 0.442 e. The molecule has 2 N–H and O–H groups in total. The summed E-state index contributed by atoms with van der Waals surface area (Å²) in [6.45, 7) is 3.22. The standard InChI is InChI=1S/C18H23N3O4/c1-2-16(22)20-10-15-11-21(18(24)25-15)14-5-3-12(4-6-14)13-7-8-19-17(23)9-13/h3-6,13,15H,2,7-11H2,1H3,(H,19,23)(H,20,22)/t13?,15-/m0/s1. The fraction of sp³-hybridized carbons (Fsp3) is 0.500. The molecule has 0 radical (unpaired) electrons. The van der Waals surface area contributed by atoms with Crippen LogP contribution in [-0.2, 0) is 14.3 Å². The summed E-state index contributed by atoms with van der Waals surface area (Å²) in [6.07, 6.45) is 1.09. The zero-order valence-electron chi connectivity index (χ0n) is 14.3. The highest BCUT2D eigenvalue weighted by atomic mass is 16.6. The van der Waals surface area contributed by atoms with E-state index in [-0.39, 0.29) is 23.8 Å². The summed E-state index contributed by atoms with van der Waals surface area (Å²) in [5, 5.41) is 5.58. The summed E-state index contributed by atoms with van der Waals surface area (Å²) in [7, 11) is 0. The van der Waals surface area contributed by atoms with Gasteiger partial charge in [-0.3, -0.25) is 14.5 Å². The number of anilines is 1. The maximum Gasteiger partial charge on any atom is 0.414 e. The van der Waals surface area contributed by atoms with Gasteiger partial charge < -0.3 is 15.4 Å². The fourth-order valence-corrected chi connectivity index (χ4v) is 3.19. The number of rotatable bonds is 5. The van der Waals surface area contributed by atoms with Crippen LogP contribution in [0.4, 0.5) is 10.5 Å². The molecule has 0 bridgehead atoms. The Balaban J connectivity index is 1.61. The molecule has 3 rings (SSSR count). The number of benzene rings is 1. The molecule has 2 atom stereocenters. The first-order valence-electron chi connectivity index (χ1n) is 8.68. The summed E-state index contributed by atoms with van der Waals surface area (Å²) in [4.78, 5) is 36.5. The summed E-state index contributed by atoms with van der Waals surface area (Å²) < 4.78 is 5.30. The molecule has 2 heterocycles. The van der Waals surface area contributed by atoms with Crippen LogP contribution in [0.25, 0.3) is 0 Å². The molecule has 0 aliphatic carbocycles. The number of hydrogen-bond acceptors (Lipinski definition) is 4. The van der Waals surface area contributed by atoms with Crippen LogP contribution in [0.15, 0.2) is 24.3 Å². The highest BCUT2D eigenvalue weighted by Crippen LogP contribution is 2.28. The maximum absolute atomic E-state index is 12.1. The SMILES string of the molecule is CCC(=O)NC[C@H]1CN(c2ccc(C3CCNC(=O)C3)cc2)C(=O)O1. The van der Waals surface area contributed by atoms with Gasteiger partial charge >= 0.3 is 6.09 Å². The van der Waals surface area contributed by atoms with Crippen molar-refractivity contribution in [2.45, 2.75) is 38.2 Å². The number of piperidine rings is 1. The van der Waals surface area contributed by atoms with Crippen molar-refractivity contribution in [3.63, 3.8) is 0 Å². The van der Waals surface area contributed by atoms with E-state index >= 15 is 0 Å². The van der Waals surface area contributed by atoms with Gasteiger partial charge in [0.25, 0.3) is 0 Å². The summed E-state index contributed by atoms with van der Waals surface area (Å²) in [6, 6.07) is 7.71. The Labute approximate surface area is 146 Å². The lowest BCUT2D eigenvalue weighted by Crippen LogP contribution is -2.34. The monoisotopic (exact) mass is 345 g/mol. The molecular weight excluding hydrogens is 322 g/mol. The van der Waals surface area contributed by atoms with E-state index in [1.165, 1.54) is 0 Å². The van der Waals surface area contributed by atoms with Gasteiger partial charge in [-0.15, -0.1) is 0 Å². The van der Waals surface area contributed by atoms with Gasteiger partial charge in [0.2, 0.25) is 11.8 Å². The van der Waals surface area contributed by atoms with Gasteiger partial charge in [-0.2, -0.15) is 0 Å². The Morgan fingerprint density at radius 3 is 2.76 bits per heavy atom. The van der Waals surface area contributed by atoms with E-state index in [0.29, 0.717) is 32.5 Å². The van der Waals surface area contributed by atoms with Gasteiger partial charge in [0.15, 0.2) is 0 Å². The molecule has 1 aromatic carbocycles. The molecule has 1 aromatic rings. The highest BCUT2D eigenvalue weighted by Gasteiger charge is 2.32. The summed E-state index contributed by atoms with van der Waals surface area (Å²) in [5.74, 6) is 0.251. The lowest BCUT2D eigenvalue weighted by molar-refractivity contribution is -0.123. The number of carbonyl (C=O) groups excluding carboxylic acids is 3. The molecule has 25 heavy (non-hydrogen) atoms. The van der Waals surface area contributed by atoms with Crippen molar-refractivity contribution in [2.75, 3.05) is 24.5 Å². The van der Waals surface area contributed by atoms with Crippen molar-refractivity contribution in [3.05, 3.63) is 29.8 Å². The number of cyclic esters (lactones) is 1. The third-order valence-electron chi connectivity index (χ3n) is 4.65. The van der Waals surface area contributed by atoms with Crippen molar-refractivity contribution >= 4 is 23.6 Å². The minimum absolute atomic E-state index is 0.0598. The average Bonchev–Trinajstić information content (AvgIpc) is 3.00. The third kappa shape index (κ3) is 4.10. The van der Waals surface area contributed by atoms with E-state index in [4.69, 9.17) is 4.74 Å². The molecule has 2 aliphatic heterocycles. The molecule has 0 spiro atoms. The predicted octanol–water partition coefficient (Wildman–Crippen LogP) is 1.53. The highest BCUT2D eigenvalue weighted by molar-refractivity contribution is 5.89. The smallest absolute Gasteiger partial charge is 0.414 e. The van der Waals surface area contributed by atoms with E-state index in [1.54, 1.807) is 11.8 Å². The van der Waals surface area contributed by atoms with E-state index in [9.17, 15) is 14.4 Å². The molecule has 3 amide bonds. The average molecular weight is 345 g/mol. The van der Waals surface area contributed by atoms with Crippen molar-refractivity contribution < 1.29 is 19.1 Å². The summed E-state index contributed by atoms with van der Waals surface area (Å²) >= 11 is 0. The molecule has 2 fully saturated rings. The van der Waals surface area contributed by atoms with Gasteiger partial charge in [0.05, 0.1) is 13.1 Å². The first-order chi connectivity index (χ1) is 12.1. The molecule has 134 valence electrons. The second-order valence-electron chi connectivity index (χ2n) is 6.41. The minimum atomic E-state index is -0.402. The zero-order valence-corrected chi connectivity index (χ0v) is 14.3. The quantitative estimate of drug-likeness (QED) is 0.847. The van der Waals surface area contributed by atoms with Crippen LogP contribution >= 0.6 is 0 Å². The minimum Gasteiger partial charge on any atom is -0.442 e. The molecule has 1 unspecified atom stereocenters. The van der Waals surface area contributed by atoms with Crippen LogP contribution in [0.3, 0.4) is 0 Å². The third-order valence-corrected chi connectivity index (χ3v) is 4.65. The number of nitrogens with zero attached hydrogens (tertiary/aromatic N) is 1. The summed E-state index contributed by atoms with van der Waals surface area (Å²) in [5.41, 5.74) is 1.87. The second-order valence-corrected chi connectivity index (χ2v) is 6.41. The Bertz CT molecular complexity index is 659.